The zero-order valence-electron chi connectivity index (χ0n) is 11.2. The first-order valence-corrected chi connectivity index (χ1v) is 6.76. The standard InChI is InChI=1S/C13H26N2O2/c1-3-8-17-9-6-13(16)15-7-4-5-12(10-15)11(2)14/h11-12H,3-10,14H2,1-2H3. The van der Waals surface area contributed by atoms with Crippen LogP contribution in [0.5, 0.6) is 0 Å². The van der Waals surface area contributed by atoms with Gasteiger partial charge in [-0.15, -0.1) is 0 Å². The lowest BCUT2D eigenvalue weighted by Gasteiger charge is -2.34. The second kappa shape index (κ2) is 7.67. The summed E-state index contributed by atoms with van der Waals surface area (Å²) in [6.45, 7) is 7.10. The van der Waals surface area contributed by atoms with Gasteiger partial charge in [-0.3, -0.25) is 4.79 Å². The van der Waals surface area contributed by atoms with E-state index < -0.39 is 0 Å². The van der Waals surface area contributed by atoms with Gasteiger partial charge in [-0.05, 0) is 32.1 Å². The van der Waals surface area contributed by atoms with Crippen LogP contribution in [0.25, 0.3) is 0 Å². The molecule has 1 amide bonds. The first kappa shape index (κ1) is 14.5. The van der Waals surface area contributed by atoms with Crippen LogP contribution in [0.2, 0.25) is 0 Å². The maximum absolute atomic E-state index is 11.9. The lowest BCUT2D eigenvalue weighted by atomic mass is 9.92. The molecule has 2 atom stereocenters. The molecule has 2 N–H and O–H groups in total. The molecule has 0 bridgehead atoms. The molecular weight excluding hydrogens is 216 g/mol. The van der Waals surface area contributed by atoms with E-state index in [0.717, 1.165) is 39.0 Å². The van der Waals surface area contributed by atoms with Crippen LogP contribution < -0.4 is 5.73 Å². The predicted octanol–water partition coefficient (Wildman–Crippen LogP) is 1.39. The maximum Gasteiger partial charge on any atom is 0.224 e. The zero-order valence-corrected chi connectivity index (χ0v) is 11.2. The summed E-state index contributed by atoms with van der Waals surface area (Å²) in [6, 6.07) is 0.182. The Labute approximate surface area is 104 Å². The number of nitrogens with zero attached hydrogens (tertiary/aromatic N) is 1. The average molecular weight is 242 g/mol. The largest absolute Gasteiger partial charge is 0.381 e. The van der Waals surface area contributed by atoms with Crippen molar-refractivity contribution in [1.82, 2.24) is 4.90 Å². The van der Waals surface area contributed by atoms with Crippen LogP contribution in [-0.2, 0) is 9.53 Å². The van der Waals surface area contributed by atoms with Gasteiger partial charge in [0.05, 0.1) is 13.0 Å². The number of hydrogen-bond donors (Lipinski definition) is 1. The molecule has 0 spiro atoms. The number of likely N-dealkylation sites (tertiary alicyclic amines) is 1. The smallest absolute Gasteiger partial charge is 0.224 e. The molecule has 1 fully saturated rings. The summed E-state index contributed by atoms with van der Waals surface area (Å²) in [5.41, 5.74) is 5.91. The highest BCUT2D eigenvalue weighted by molar-refractivity contribution is 5.76. The van der Waals surface area contributed by atoms with Gasteiger partial charge in [-0.25, -0.2) is 0 Å². The summed E-state index contributed by atoms with van der Waals surface area (Å²) in [4.78, 5) is 13.9. The van der Waals surface area contributed by atoms with Crippen LogP contribution in [0, 0.1) is 5.92 Å². The van der Waals surface area contributed by atoms with Crippen LogP contribution in [0.15, 0.2) is 0 Å². The van der Waals surface area contributed by atoms with Crippen molar-refractivity contribution in [2.24, 2.45) is 11.7 Å². The number of rotatable bonds is 6. The fourth-order valence-electron chi connectivity index (χ4n) is 2.23. The van der Waals surface area contributed by atoms with E-state index in [1.807, 2.05) is 11.8 Å². The van der Waals surface area contributed by atoms with Gasteiger partial charge in [0, 0.05) is 25.7 Å². The Bertz CT molecular complexity index is 231. The number of carbonyl (C=O) groups excluding carboxylic acids is 1. The van der Waals surface area contributed by atoms with Gasteiger partial charge < -0.3 is 15.4 Å². The molecule has 0 aromatic heterocycles. The molecule has 4 nitrogen and oxygen atoms in total. The second-order valence-electron chi connectivity index (χ2n) is 4.96. The summed E-state index contributed by atoms with van der Waals surface area (Å²) >= 11 is 0. The van der Waals surface area contributed by atoms with E-state index in [2.05, 4.69) is 6.92 Å². The van der Waals surface area contributed by atoms with Crippen molar-refractivity contribution in [3.8, 4) is 0 Å². The highest BCUT2D eigenvalue weighted by Crippen LogP contribution is 2.19. The third kappa shape index (κ3) is 5.04. The van der Waals surface area contributed by atoms with Crippen molar-refractivity contribution < 1.29 is 9.53 Å². The third-order valence-electron chi connectivity index (χ3n) is 3.36. The fourth-order valence-corrected chi connectivity index (χ4v) is 2.23. The molecule has 1 saturated heterocycles. The van der Waals surface area contributed by atoms with E-state index >= 15 is 0 Å². The molecule has 0 radical (unpaired) electrons. The molecule has 100 valence electrons. The van der Waals surface area contributed by atoms with Crippen molar-refractivity contribution >= 4 is 5.91 Å². The van der Waals surface area contributed by atoms with Crippen LogP contribution in [-0.4, -0.2) is 43.2 Å². The molecule has 0 aromatic carbocycles. The highest BCUT2D eigenvalue weighted by Gasteiger charge is 2.25. The van der Waals surface area contributed by atoms with Gasteiger partial charge in [-0.2, -0.15) is 0 Å². The van der Waals surface area contributed by atoms with Crippen LogP contribution >= 0.6 is 0 Å². The quantitative estimate of drug-likeness (QED) is 0.716. The summed E-state index contributed by atoms with van der Waals surface area (Å²) in [7, 11) is 0. The summed E-state index contributed by atoms with van der Waals surface area (Å²) in [5.74, 6) is 0.677. The maximum atomic E-state index is 11.9. The van der Waals surface area contributed by atoms with E-state index in [1.54, 1.807) is 0 Å². The SMILES string of the molecule is CCCOCCC(=O)N1CCCC(C(C)N)C1. The van der Waals surface area contributed by atoms with E-state index in [4.69, 9.17) is 10.5 Å². The molecular formula is C13H26N2O2. The van der Waals surface area contributed by atoms with E-state index in [9.17, 15) is 4.79 Å². The predicted molar refractivity (Wildman–Crippen MR) is 68.7 cm³/mol. The Kier molecular flexibility index (Phi) is 6.52. The monoisotopic (exact) mass is 242 g/mol. The number of ether oxygens (including phenoxy) is 1. The first-order valence-electron chi connectivity index (χ1n) is 6.76. The van der Waals surface area contributed by atoms with Gasteiger partial charge in [0.1, 0.15) is 0 Å². The molecule has 0 aliphatic carbocycles. The lowest BCUT2D eigenvalue weighted by Crippen LogP contribution is -2.45. The molecule has 2 unspecified atom stereocenters. The first-order chi connectivity index (χ1) is 8.15. The number of carbonyl (C=O) groups is 1. The minimum Gasteiger partial charge on any atom is -0.381 e. The number of hydrogen-bond acceptors (Lipinski definition) is 3. The normalized spacial score (nSPS) is 22.5. The second-order valence-corrected chi connectivity index (χ2v) is 4.96. The van der Waals surface area contributed by atoms with Gasteiger partial charge in [0.25, 0.3) is 0 Å². The molecule has 1 rings (SSSR count). The molecule has 0 aromatic rings. The van der Waals surface area contributed by atoms with Gasteiger partial charge in [0.15, 0.2) is 0 Å². The van der Waals surface area contributed by atoms with Gasteiger partial charge >= 0.3 is 0 Å². The third-order valence-corrected chi connectivity index (χ3v) is 3.36. The molecule has 17 heavy (non-hydrogen) atoms. The Morgan fingerprint density at radius 2 is 2.29 bits per heavy atom. The van der Waals surface area contributed by atoms with Gasteiger partial charge in [-0.1, -0.05) is 6.92 Å². The van der Waals surface area contributed by atoms with Crippen molar-refractivity contribution in [2.75, 3.05) is 26.3 Å². The van der Waals surface area contributed by atoms with Crippen molar-refractivity contribution in [1.29, 1.82) is 0 Å². The summed E-state index contributed by atoms with van der Waals surface area (Å²) < 4.78 is 5.35. The Morgan fingerprint density at radius 1 is 1.53 bits per heavy atom. The van der Waals surface area contributed by atoms with Crippen molar-refractivity contribution in [3.63, 3.8) is 0 Å². The Balaban J connectivity index is 2.26. The molecule has 1 aliphatic heterocycles. The van der Waals surface area contributed by atoms with E-state index in [-0.39, 0.29) is 11.9 Å². The molecule has 4 heteroatoms. The van der Waals surface area contributed by atoms with E-state index in [0.29, 0.717) is 18.9 Å². The number of piperidine rings is 1. The van der Waals surface area contributed by atoms with Gasteiger partial charge in [0.2, 0.25) is 5.91 Å². The minimum absolute atomic E-state index is 0.182. The van der Waals surface area contributed by atoms with Crippen LogP contribution in [0.3, 0.4) is 0 Å². The minimum atomic E-state index is 0.182. The molecule has 0 saturated carbocycles. The average Bonchev–Trinajstić information content (AvgIpc) is 2.34. The number of nitrogens with two attached hydrogens (primary N) is 1. The Morgan fingerprint density at radius 3 is 2.94 bits per heavy atom. The summed E-state index contributed by atoms with van der Waals surface area (Å²) in [5, 5.41) is 0. The van der Waals surface area contributed by atoms with Crippen molar-refractivity contribution in [2.45, 2.75) is 45.6 Å². The topological polar surface area (TPSA) is 55.6 Å². The fraction of sp³-hybridized carbons (Fsp3) is 0.923. The lowest BCUT2D eigenvalue weighted by molar-refractivity contribution is -0.134. The highest BCUT2D eigenvalue weighted by atomic mass is 16.5. The summed E-state index contributed by atoms with van der Waals surface area (Å²) in [6.07, 6.45) is 3.73. The number of amides is 1. The zero-order chi connectivity index (χ0) is 12.7. The van der Waals surface area contributed by atoms with Crippen molar-refractivity contribution in [3.05, 3.63) is 0 Å². The molecule has 1 aliphatic rings. The molecule has 1 heterocycles. The van der Waals surface area contributed by atoms with Crippen LogP contribution in [0.1, 0.15) is 39.5 Å². The van der Waals surface area contributed by atoms with Crippen LogP contribution in [0.4, 0.5) is 0 Å². The van der Waals surface area contributed by atoms with E-state index in [1.165, 1.54) is 0 Å². The Hall–Kier alpha value is -0.610.